The molecule has 0 aromatic heterocycles. The molecule has 2 rings (SSSR count). The Kier molecular flexibility index (Phi) is 5.45. The van der Waals surface area contributed by atoms with E-state index in [0.717, 1.165) is 25.2 Å². The smallest absolute Gasteiger partial charge is 0.167 e. The number of ether oxygens (including phenoxy) is 1. The van der Waals surface area contributed by atoms with Gasteiger partial charge in [-0.1, -0.05) is 20.8 Å². The zero-order chi connectivity index (χ0) is 15.4. The number of hydrogen-bond donors (Lipinski definition) is 1. The third kappa shape index (κ3) is 3.67. The van der Waals surface area contributed by atoms with E-state index >= 15 is 0 Å². The van der Waals surface area contributed by atoms with Gasteiger partial charge in [0.2, 0.25) is 0 Å². The van der Waals surface area contributed by atoms with E-state index in [2.05, 4.69) is 31.0 Å². The van der Waals surface area contributed by atoms with Crippen LogP contribution in [0.1, 0.15) is 34.1 Å². The van der Waals surface area contributed by atoms with Crippen molar-refractivity contribution in [2.75, 3.05) is 24.6 Å². The van der Waals surface area contributed by atoms with Crippen LogP contribution in [0.5, 0.6) is 5.75 Å². The zero-order valence-corrected chi connectivity index (χ0v) is 13.5. The van der Waals surface area contributed by atoms with Gasteiger partial charge in [0, 0.05) is 36.9 Å². The lowest BCUT2D eigenvalue weighted by atomic mass is 9.98. The van der Waals surface area contributed by atoms with Crippen molar-refractivity contribution in [3.05, 3.63) is 24.0 Å². The highest BCUT2D eigenvalue weighted by Crippen LogP contribution is 2.28. The highest BCUT2D eigenvalue weighted by atomic mass is 19.1. The van der Waals surface area contributed by atoms with Gasteiger partial charge < -0.3 is 15.0 Å². The largest absolute Gasteiger partial charge is 0.491 e. The second-order valence-electron chi connectivity index (χ2n) is 6.02. The minimum Gasteiger partial charge on any atom is -0.491 e. The van der Waals surface area contributed by atoms with Gasteiger partial charge in [-0.2, -0.15) is 0 Å². The van der Waals surface area contributed by atoms with Gasteiger partial charge in [0.15, 0.2) is 11.6 Å². The maximum Gasteiger partial charge on any atom is 0.167 e. The fourth-order valence-electron chi connectivity index (χ4n) is 2.89. The molecule has 1 aromatic carbocycles. The second kappa shape index (κ2) is 7.12. The molecule has 118 valence electrons. The van der Waals surface area contributed by atoms with Gasteiger partial charge in [0.05, 0.1) is 6.61 Å². The molecule has 0 radical (unpaired) electrons. The molecule has 4 heteroatoms. The zero-order valence-electron chi connectivity index (χ0n) is 13.5. The Morgan fingerprint density at radius 1 is 1.38 bits per heavy atom. The molecule has 1 saturated heterocycles. The summed E-state index contributed by atoms with van der Waals surface area (Å²) in [6.07, 6.45) is 1.05. The molecular formula is C17H27FN2O. The summed E-state index contributed by atoms with van der Waals surface area (Å²) >= 11 is 0. The van der Waals surface area contributed by atoms with Crippen LogP contribution in [0.2, 0.25) is 0 Å². The lowest BCUT2D eigenvalue weighted by Crippen LogP contribution is -2.58. The summed E-state index contributed by atoms with van der Waals surface area (Å²) in [5, 5.41) is 3.61. The third-order valence-electron chi connectivity index (χ3n) is 4.27. The first kappa shape index (κ1) is 16.1. The highest BCUT2D eigenvalue weighted by molar-refractivity contribution is 5.51. The summed E-state index contributed by atoms with van der Waals surface area (Å²) in [5.41, 5.74) is 0.954. The van der Waals surface area contributed by atoms with Gasteiger partial charge in [-0.25, -0.2) is 4.39 Å². The number of nitrogens with zero attached hydrogens (tertiary/aromatic N) is 1. The van der Waals surface area contributed by atoms with Crippen LogP contribution in [0.4, 0.5) is 10.1 Å². The molecule has 1 aliphatic heterocycles. The van der Waals surface area contributed by atoms with Crippen molar-refractivity contribution in [3.8, 4) is 5.75 Å². The van der Waals surface area contributed by atoms with Crippen molar-refractivity contribution in [1.82, 2.24) is 5.32 Å². The Labute approximate surface area is 127 Å². The second-order valence-corrected chi connectivity index (χ2v) is 6.02. The van der Waals surface area contributed by atoms with E-state index in [9.17, 15) is 4.39 Å². The first-order valence-electron chi connectivity index (χ1n) is 7.99. The van der Waals surface area contributed by atoms with Crippen molar-refractivity contribution in [2.45, 2.75) is 46.2 Å². The third-order valence-corrected chi connectivity index (χ3v) is 4.27. The molecular weight excluding hydrogens is 267 g/mol. The van der Waals surface area contributed by atoms with Crippen LogP contribution in [0.25, 0.3) is 0 Å². The maximum absolute atomic E-state index is 14.1. The first-order chi connectivity index (χ1) is 10.1. The van der Waals surface area contributed by atoms with E-state index < -0.39 is 0 Å². The SMILES string of the molecule is CCOc1ccc(N2CC(C(C)C)NCC2CC)cc1F. The molecule has 1 aliphatic rings. The molecule has 0 saturated carbocycles. The molecule has 0 aliphatic carbocycles. The Morgan fingerprint density at radius 2 is 2.14 bits per heavy atom. The van der Waals surface area contributed by atoms with Gasteiger partial charge in [0.1, 0.15) is 0 Å². The number of piperazine rings is 1. The monoisotopic (exact) mass is 294 g/mol. The van der Waals surface area contributed by atoms with Crippen molar-refractivity contribution in [1.29, 1.82) is 0 Å². The standard InChI is InChI=1S/C17H27FN2O/c1-5-13-10-19-16(12(3)4)11-20(13)14-7-8-17(21-6-2)15(18)9-14/h7-9,12-13,16,19H,5-6,10-11H2,1-4H3. The Balaban J connectivity index is 2.22. The van der Waals surface area contributed by atoms with E-state index in [0.29, 0.717) is 30.4 Å². The predicted molar refractivity (Wildman–Crippen MR) is 85.6 cm³/mol. The lowest BCUT2D eigenvalue weighted by Gasteiger charge is -2.43. The molecule has 2 atom stereocenters. The van der Waals surface area contributed by atoms with Crippen LogP contribution >= 0.6 is 0 Å². The summed E-state index contributed by atoms with van der Waals surface area (Å²) in [4.78, 5) is 2.33. The highest BCUT2D eigenvalue weighted by Gasteiger charge is 2.28. The minimum absolute atomic E-state index is 0.274. The van der Waals surface area contributed by atoms with Crippen LogP contribution < -0.4 is 15.0 Å². The average Bonchev–Trinajstić information content (AvgIpc) is 2.48. The molecule has 1 fully saturated rings. The molecule has 0 amide bonds. The van der Waals surface area contributed by atoms with Crippen LogP contribution in [-0.2, 0) is 0 Å². The van der Waals surface area contributed by atoms with E-state index in [-0.39, 0.29) is 5.82 Å². The fourth-order valence-corrected chi connectivity index (χ4v) is 2.89. The van der Waals surface area contributed by atoms with E-state index in [1.807, 2.05) is 13.0 Å². The van der Waals surface area contributed by atoms with Gasteiger partial charge in [-0.05, 0) is 31.4 Å². The van der Waals surface area contributed by atoms with Crippen LogP contribution in [0.3, 0.4) is 0 Å². The van der Waals surface area contributed by atoms with Crippen LogP contribution in [0, 0.1) is 11.7 Å². The molecule has 3 nitrogen and oxygen atoms in total. The topological polar surface area (TPSA) is 24.5 Å². The summed E-state index contributed by atoms with van der Waals surface area (Å²) in [6.45, 7) is 10.8. The van der Waals surface area contributed by atoms with E-state index in [1.54, 1.807) is 12.1 Å². The van der Waals surface area contributed by atoms with Crippen molar-refractivity contribution in [2.24, 2.45) is 5.92 Å². The predicted octanol–water partition coefficient (Wildman–Crippen LogP) is 3.44. The number of benzene rings is 1. The number of hydrogen-bond acceptors (Lipinski definition) is 3. The molecule has 1 N–H and O–H groups in total. The summed E-state index contributed by atoms with van der Waals surface area (Å²) in [7, 11) is 0. The molecule has 1 heterocycles. The summed E-state index contributed by atoms with van der Waals surface area (Å²) in [6, 6.07) is 6.18. The fraction of sp³-hybridized carbons (Fsp3) is 0.647. The molecule has 2 unspecified atom stereocenters. The molecule has 0 bridgehead atoms. The Morgan fingerprint density at radius 3 is 2.71 bits per heavy atom. The number of rotatable bonds is 5. The minimum atomic E-state index is -0.274. The van der Waals surface area contributed by atoms with Crippen LogP contribution in [-0.4, -0.2) is 31.8 Å². The Bertz CT molecular complexity index is 464. The molecule has 0 spiro atoms. The number of halogens is 1. The van der Waals surface area contributed by atoms with Crippen LogP contribution in [0.15, 0.2) is 18.2 Å². The average molecular weight is 294 g/mol. The van der Waals surface area contributed by atoms with Crippen molar-refractivity contribution < 1.29 is 9.13 Å². The van der Waals surface area contributed by atoms with Gasteiger partial charge in [-0.3, -0.25) is 0 Å². The van der Waals surface area contributed by atoms with Gasteiger partial charge >= 0.3 is 0 Å². The van der Waals surface area contributed by atoms with E-state index in [4.69, 9.17) is 4.74 Å². The first-order valence-corrected chi connectivity index (χ1v) is 7.99. The number of nitrogens with one attached hydrogen (secondary N) is 1. The normalized spacial score (nSPS) is 22.7. The molecule has 21 heavy (non-hydrogen) atoms. The number of anilines is 1. The van der Waals surface area contributed by atoms with Crippen molar-refractivity contribution >= 4 is 5.69 Å². The molecule has 1 aromatic rings. The van der Waals surface area contributed by atoms with E-state index in [1.165, 1.54) is 0 Å². The quantitative estimate of drug-likeness (QED) is 0.900. The summed E-state index contributed by atoms with van der Waals surface area (Å²) < 4.78 is 19.4. The van der Waals surface area contributed by atoms with Gasteiger partial charge in [0.25, 0.3) is 0 Å². The van der Waals surface area contributed by atoms with Crippen molar-refractivity contribution in [3.63, 3.8) is 0 Å². The maximum atomic E-state index is 14.1. The summed E-state index contributed by atoms with van der Waals surface area (Å²) in [5.74, 6) is 0.631. The Hall–Kier alpha value is -1.29. The van der Waals surface area contributed by atoms with Gasteiger partial charge in [-0.15, -0.1) is 0 Å². The lowest BCUT2D eigenvalue weighted by molar-refractivity contribution is 0.318.